The molecule has 2 heterocycles. The largest absolute Gasteiger partial charge is 0.351 e. The van der Waals surface area contributed by atoms with Crippen molar-refractivity contribution in [1.82, 2.24) is 15.0 Å². The third-order valence-electron chi connectivity index (χ3n) is 4.51. The number of rotatable bonds is 4. The number of hydrogen-bond donors (Lipinski definition) is 1. The number of benzene rings is 1. The molecule has 1 aliphatic carbocycles. The molecule has 4 nitrogen and oxygen atoms in total. The minimum atomic E-state index is -0.249. The molecule has 0 radical (unpaired) electrons. The number of halogens is 1. The number of nitrogens with zero attached hydrogens (tertiary/aromatic N) is 3. The molecule has 2 aromatic heterocycles. The molecule has 0 unspecified atom stereocenters. The second kappa shape index (κ2) is 7.27. The van der Waals surface area contributed by atoms with Gasteiger partial charge in [-0.1, -0.05) is 19.3 Å². The molecule has 1 saturated carbocycles. The topological polar surface area (TPSA) is 50.7 Å². The van der Waals surface area contributed by atoms with E-state index in [0.29, 0.717) is 12.0 Å². The minimum Gasteiger partial charge on any atom is -0.351 e. The maximum absolute atomic E-state index is 13.2. The normalized spacial score (nSPS) is 15.2. The van der Waals surface area contributed by atoms with Crippen LogP contribution in [-0.4, -0.2) is 21.0 Å². The Morgan fingerprint density at radius 3 is 2.60 bits per heavy atom. The summed E-state index contributed by atoms with van der Waals surface area (Å²) in [6.45, 7) is 0. The molecule has 4 rings (SSSR count). The molecule has 3 aromatic rings. The van der Waals surface area contributed by atoms with Gasteiger partial charge in [-0.15, -0.1) is 11.3 Å². The SMILES string of the molecule is Fc1ccc(-c2ncsc2-c2ccnc(NC3CCCCC3)n2)cc1. The van der Waals surface area contributed by atoms with Crippen molar-refractivity contribution in [1.29, 1.82) is 0 Å². The van der Waals surface area contributed by atoms with Gasteiger partial charge in [0.1, 0.15) is 5.82 Å². The number of nitrogens with one attached hydrogen (secondary N) is 1. The minimum absolute atomic E-state index is 0.249. The smallest absolute Gasteiger partial charge is 0.223 e. The third-order valence-corrected chi connectivity index (χ3v) is 5.36. The summed E-state index contributed by atoms with van der Waals surface area (Å²) in [5, 5.41) is 3.46. The Bertz CT molecular complexity index is 841. The molecule has 0 amide bonds. The first kappa shape index (κ1) is 16.1. The van der Waals surface area contributed by atoms with Crippen molar-refractivity contribution in [3.63, 3.8) is 0 Å². The van der Waals surface area contributed by atoms with E-state index in [1.54, 1.807) is 23.8 Å². The highest BCUT2D eigenvalue weighted by molar-refractivity contribution is 7.13. The van der Waals surface area contributed by atoms with Crippen molar-refractivity contribution in [3.8, 4) is 21.8 Å². The molecule has 0 aliphatic heterocycles. The van der Waals surface area contributed by atoms with Gasteiger partial charge in [0.05, 0.1) is 21.8 Å². The van der Waals surface area contributed by atoms with E-state index >= 15 is 0 Å². The fourth-order valence-electron chi connectivity index (χ4n) is 3.23. The molecular weight excluding hydrogens is 335 g/mol. The molecule has 1 aliphatic rings. The highest BCUT2D eigenvalue weighted by Crippen LogP contribution is 2.34. The second-order valence-corrected chi connectivity index (χ2v) is 7.14. The molecule has 1 fully saturated rings. The average Bonchev–Trinajstić information content (AvgIpc) is 3.13. The molecule has 1 aromatic carbocycles. The van der Waals surface area contributed by atoms with Gasteiger partial charge in [-0.2, -0.15) is 0 Å². The molecule has 0 bridgehead atoms. The van der Waals surface area contributed by atoms with Crippen LogP contribution in [0.3, 0.4) is 0 Å². The quantitative estimate of drug-likeness (QED) is 0.704. The molecule has 0 saturated heterocycles. The van der Waals surface area contributed by atoms with Gasteiger partial charge in [-0.05, 0) is 43.2 Å². The van der Waals surface area contributed by atoms with E-state index in [0.717, 1.165) is 21.8 Å². The summed E-state index contributed by atoms with van der Waals surface area (Å²) in [5.74, 6) is 0.421. The first-order chi connectivity index (χ1) is 12.3. The van der Waals surface area contributed by atoms with E-state index in [9.17, 15) is 4.39 Å². The van der Waals surface area contributed by atoms with Crippen LogP contribution >= 0.6 is 11.3 Å². The summed E-state index contributed by atoms with van der Waals surface area (Å²) >= 11 is 1.53. The Kier molecular flexibility index (Phi) is 4.70. The average molecular weight is 354 g/mol. The Hall–Kier alpha value is -2.34. The van der Waals surface area contributed by atoms with Crippen LogP contribution in [0.25, 0.3) is 21.8 Å². The van der Waals surface area contributed by atoms with Gasteiger partial charge in [-0.3, -0.25) is 0 Å². The molecular formula is C19H19FN4S. The van der Waals surface area contributed by atoms with E-state index in [2.05, 4.69) is 20.3 Å². The van der Waals surface area contributed by atoms with E-state index < -0.39 is 0 Å². The first-order valence-corrected chi connectivity index (χ1v) is 9.47. The van der Waals surface area contributed by atoms with Gasteiger partial charge in [0.15, 0.2) is 0 Å². The van der Waals surface area contributed by atoms with Crippen molar-refractivity contribution >= 4 is 17.3 Å². The summed E-state index contributed by atoms with van der Waals surface area (Å²) < 4.78 is 13.2. The van der Waals surface area contributed by atoms with E-state index in [1.165, 1.54) is 55.6 Å². The predicted molar refractivity (Wildman–Crippen MR) is 99.0 cm³/mol. The summed E-state index contributed by atoms with van der Waals surface area (Å²) in [6.07, 6.45) is 7.98. The van der Waals surface area contributed by atoms with Crippen LogP contribution in [0.1, 0.15) is 32.1 Å². The van der Waals surface area contributed by atoms with Crippen molar-refractivity contribution in [3.05, 3.63) is 47.9 Å². The Morgan fingerprint density at radius 2 is 1.80 bits per heavy atom. The maximum Gasteiger partial charge on any atom is 0.223 e. The molecule has 1 N–H and O–H groups in total. The highest BCUT2D eigenvalue weighted by atomic mass is 32.1. The zero-order valence-electron chi connectivity index (χ0n) is 13.8. The standard InChI is InChI=1S/C19H19FN4S/c20-14-8-6-13(7-9-14)17-18(25-12-22-17)16-10-11-21-19(24-16)23-15-4-2-1-3-5-15/h6-12,15H,1-5H2,(H,21,23,24). The lowest BCUT2D eigenvalue weighted by Crippen LogP contribution is -2.23. The van der Waals surface area contributed by atoms with Crippen LogP contribution in [0.15, 0.2) is 42.0 Å². The van der Waals surface area contributed by atoms with Gasteiger partial charge in [0.25, 0.3) is 0 Å². The lowest BCUT2D eigenvalue weighted by atomic mass is 9.96. The Labute approximate surface area is 150 Å². The zero-order chi connectivity index (χ0) is 17.1. The number of anilines is 1. The summed E-state index contributed by atoms with van der Waals surface area (Å²) in [6, 6.07) is 8.75. The van der Waals surface area contributed by atoms with Crippen molar-refractivity contribution in [2.45, 2.75) is 38.1 Å². The lowest BCUT2D eigenvalue weighted by molar-refractivity contribution is 0.461. The van der Waals surface area contributed by atoms with E-state index in [1.807, 2.05) is 6.07 Å². The number of hydrogen-bond acceptors (Lipinski definition) is 5. The van der Waals surface area contributed by atoms with Crippen LogP contribution < -0.4 is 5.32 Å². The fourth-order valence-corrected chi connectivity index (χ4v) is 4.01. The zero-order valence-corrected chi connectivity index (χ0v) is 14.6. The van der Waals surface area contributed by atoms with Crippen LogP contribution in [0.4, 0.5) is 10.3 Å². The van der Waals surface area contributed by atoms with Gasteiger partial charge >= 0.3 is 0 Å². The number of thiazole rings is 1. The monoisotopic (exact) mass is 354 g/mol. The van der Waals surface area contributed by atoms with Crippen LogP contribution in [-0.2, 0) is 0 Å². The third kappa shape index (κ3) is 3.69. The maximum atomic E-state index is 13.2. The second-order valence-electron chi connectivity index (χ2n) is 6.28. The van der Waals surface area contributed by atoms with Crippen LogP contribution in [0.2, 0.25) is 0 Å². The molecule has 0 atom stereocenters. The molecule has 6 heteroatoms. The van der Waals surface area contributed by atoms with Gasteiger partial charge in [0, 0.05) is 17.8 Å². The molecule has 25 heavy (non-hydrogen) atoms. The van der Waals surface area contributed by atoms with Gasteiger partial charge in [-0.25, -0.2) is 19.3 Å². The van der Waals surface area contributed by atoms with E-state index in [4.69, 9.17) is 0 Å². The van der Waals surface area contributed by atoms with Crippen molar-refractivity contribution < 1.29 is 4.39 Å². The summed E-state index contributed by atoms with van der Waals surface area (Å²) in [4.78, 5) is 14.5. The Balaban J connectivity index is 1.61. The first-order valence-electron chi connectivity index (χ1n) is 8.59. The van der Waals surface area contributed by atoms with Crippen molar-refractivity contribution in [2.75, 3.05) is 5.32 Å². The van der Waals surface area contributed by atoms with Gasteiger partial charge in [0.2, 0.25) is 5.95 Å². The Morgan fingerprint density at radius 1 is 1.00 bits per heavy atom. The summed E-state index contributed by atoms with van der Waals surface area (Å²) in [5.41, 5.74) is 4.35. The predicted octanol–water partition coefficient (Wildman–Crippen LogP) is 5.15. The van der Waals surface area contributed by atoms with E-state index in [-0.39, 0.29) is 5.82 Å². The molecule has 128 valence electrons. The van der Waals surface area contributed by atoms with Gasteiger partial charge < -0.3 is 5.32 Å². The lowest BCUT2D eigenvalue weighted by Gasteiger charge is -2.22. The summed E-state index contributed by atoms with van der Waals surface area (Å²) in [7, 11) is 0. The van der Waals surface area contributed by atoms with Crippen molar-refractivity contribution in [2.24, 2.45) is 0 Å². The highest BCUT2D eigenvalue weighted by Gasteiger charge is 2.16. The van der Waals surface area contributed by atoms with Crippen LogP contribution in [0, 0.1) is 5.82 Å². The fraction of sp³-hybridized carbons (Fsp3) is 0.316. The number of aromatic nitrogens is 3. The molecule has 0 spiro atoms. The van der Waals surface area contributed by atoms with Crippen LogP contribution in [0.5, 0.6) is 0 Å².